The molecule has 0 aliphatic rings. The minimum Gasteiger partial charge on any atom is -0.497 e. The summed E-state index contributed by atoms with van der Waals surface area (Å²) in [5.41, 5.74) is 4.45. The monoisotopic (exact) mass is 415 g/mol. The molecule has 150 valence electrons. The number of ether oxygens (including phenoxy) is 1. The van der Waals surface area contributed by atoms with Gasteiger partial charge >= 0.3 is 0 Å². The predicted octanol–water partition coefficient (Wildman–Crippen LogP) is 4.96. The molecule has 1 amide bonds. The summed E-state index contributed by atoms with van der Waals surface area (Å²) in [6, 6.07) is 25.2. The van der Waals surface area contributed by atoms with Crippen LogP contribution in [0.15, 0.2) is 83.9 Å². The Kier molecular flexibility index (Phi) is 6.25. The van der Waals surface area contributed by atoms with Crippen LogP contribution in [0.2, 0.25) is 0 Å². The van der Waals surface area contributed by atoms with Crippen molar-refractivity contribution >= 4 is 34.4 Å². The van der Waals surface area contributed by atoms with E-state index < -0.39 is 0 Å². The normalized spacial score (nSPS) is 10.7. The molecule has 0 radical (unpaired) electrons. The zero-order valence-corrected chi connectivity index (χ0v) is 17.4. The second-order valence-electron chi connectivity index (χ2n) is 6.69. The van der Waals surface area contributed by atoms with Crippen LogP contribution >= 0.6 is 11.8 Å². The molecule has 0 aliphatic carbocycles. The maximum atomic E-state index is 12.5. The van der Waals surface area contributed by atoms with E-state index in [4.69, 9.17) is 14.7 Å². The van der Waals surface area contributed by atoms with Crippen molar-refractivity contribution in [1.82, 2.24) is 9.97 Å². The Hall–Kier alpha value is -3.38. The van der Waals surface area contributed by atoms with Gasteiger partial charge in [0.1, 0.15) is 10.8 Å². The second-order valence-corrected chi connectivity index (χ2v) is 7.66. The Morgan fingerprint density at radius 1 is 0.900 bits per heavy atom. The number of nitrogens with one attached hydrogen (secondary N) is 1. The van der Waals surface area contributed by atoms with Gasteiger partial charge in [-0.3, -0.25) is 4.79 Å². The van der Waals surface area contributed by atoms with Crippen LogP contribution in [-0.4, -0.2) is 28.7 Å². The fraction of sp³-hybridized carbons (Fsp3) is 0.125. The largest absolute Gasteiger partial charge is 0.497 e. The number of benzene rings is 3. The Labute approximate surface area is 179 Å². The highest BCUT2D eigenvalue weighted by atomic mass is 32.2. The lowest BCUT2D eigenvalue weighted by Gasteiger charge is -2.10. The van der Waals surface area contributed by atoms with Crippen molar-refractivity contribution in [3.63, 3.8) is 0 Å². The molecular formula is C24H21N3O2S. The number of carbonyl (C=O) groups is 1. The summed E-state index contributed by atoms with van der Waals surface area (Å²) < 4.78 is 5.14. The van der Waals surface area contributed by atoms with Gasteiger partial charge in [-0.15, -0.1) is 0 Å². The van der Waals surface area contributed by atoms with E-state index in [1.54, 1.807) is 7.11 Å². The van der Waals surface area contributed by atoms with Crippen LogP contribution in [0.25, 0.3) is 11.0 Å². The molecular weight excluding hydrogens is 394 g/mol. The van der Waals surface area contributed by atoms with E-state index in [9.17, 15) is 4.79 Å². The number of aromatic nitrogens is 2. The molecule has 0 atom stereocenters. The van der Waals surface area contributed by atoms with Crippen LogP contribution in [0, 0.1) is 0 Å². The number of carbonyl (C=O) groups excluding carboxylic acids is 1. The molecule has 1 aromatic heterocycles. The molecule has 0 saturated heterocycles. The summed E-state index contributed by atoms with van der Waals surface area (Å²) in [4.78, 5) is 22.1. The van der Waals surface area contributed by atoms with Crippen LogP contribution in [0.3, 0.4) is 0 Å². The molecule has 30 heavy (non-hydrogen) atoms. The first-order valence-electron chi connectivity index (χ1n) is 9.57. The van der Waals surface area contributed by atoms with Crippen LogP contribution in [0.1, 0.15) is 11.3 Å². The van der Waals surface area contributed by atoms with Gasteiger partial charge in [0.15, 0.2) is 0 Å². The molecule has 3 aromatic carbocycles. The van der Waals surface area contributed by atoms with E-state index in [0.29, 0.717) is 6.42 Å². The number of hydrogen-bond acceptors (Lipinski definition) is 5. The van der Waals surface area contributed by atoms with E-state index >= 15 is 0 Å². The summed E-state index contributed by atoms with van der Waals surface area (Å²) in [7, 11) is 1.61. The summed E-state index contributed by atoms with van der Waals surface area (Å²) in [5.74, 6) is 0.908. The van der Waals surface area contributed by atoms with Crippen molar-refractivity contribution in [3.8, 4) is 5.75 Å². The molecule has 0 aliphatic heterocycles. The number of fused-ring (bicyclic) bond motifs is 1. The average Bonchev–Trinajstić information content (AvgIpc) is 2.79. The first kappa shape index (κ1) is 19.9. The lowest BCUT2D eigenvalue weighted by Crippen LogP contribution is -2.14. The quantitative estimate of drug-likeness (QED) is 0.432. The van der Waals surface area contributed by atoms with E-state index in [2.05, 4.69) is 17.4 Å². The number of nitrogens with zero attached hydrogens (tertiary/aromatic N) is 2. The molecule has 0 spiro atoms. The number of hydrogen-bond donors (Lipinski definition) is 1. The van der Waals surface area contributed by atoms with Gasteiger partial charge in [0.05, 0.1) is 29.6 Å². The molecule has 6 heteroatoms. The first-order valence-corrected chi connectivity index (χ1v) is 10.6. The molecule has 0 saturated carbocycles. The minimum absolute atomic E-state index is 0.0919. The summed E-state index contributed by atoms with van der Waals surface area (Å²) in [6.45, 7) is 0. The average molecular weight is 416 g/mol. The maximum absolute atomic E-state index is 12.5. The minimum atomic E-state index is -0.0919. The van der Waals surface area contributed by atoms with Crippen molar-refractivity contribution in [1.29, 1.82) is 0 Å². The fourth-order valence-corrected chi connectivity index (χ4v) is 3.83. The highest BCUT2D eigenvalue weighted by Gasteiger charge is 2.13. The molecule has 1 heterocycles. The highest BCUT2D eigenvalue weighted by Crippen LogP contribution is 2.25. The van der Waals surface area contributed by atoms with E-state index in [1.165, 1.54) is 11.8 Å². The number of thioether (sulfide) groups is 1. The number of rotatable bonds is 7. The van der Waals surface area contributed by atoms with E-state index in [1.807, 2.05) is 66.7 Å². The molecule has 0 fully saturated rings. The van der Waals surface area contributed by atoms with Crippen LogP contribution in [0.4, 0.5) is 5.69 Å². The van der Waals surface area contributed by atoms with Gasteiger partial charge in [-0.1, -0.05) is 54.2 Å². The third-order valence-corrected chi connectivity index (χ3v) is 5.54. The van der Waals surface area contributed by atoms with E-state index in [-0.39, 0.29) is 11.7 Å². The number of methoxy groups -OCH3 is 1. The number of para-hydroxylation sites is 2. The lowest BCUT2D eigenvalue weighted by molar-refractivity contribution is -0.113. The second kappa shape index (κ2) is 9.41. The molecule has 4 aromatic rings. The zero-order chi connectivity index (χ0) is 20.8. The summed E-state index contributed by atoms with van der Waals surface area (Å²) in [5, 5.41) is 3.69. The van der Waals surface area contributed by atoms with Crippen molar-refractivity contribution in [3.05, 3.63) is 90.1 Å². The van der Waals surface area contributed by atoms with E-state index in [0.717, 1.165) is 38.8 Å². The van der Waals surface area contributed by atoms with Gasteiger partial charge in [-0.2, -0.15) is 0 Å². The molecule has 1 N–H and O–H groups in total. The Morgan fingerprint density at radius 2 is 1.57 bits per heavy atom. The fourth-order valence-electron chi connectivity index (χ4n) is 3.05. The van der Waals surface area contributed by atoms with Crippen molar-refractivity contribution in [2.24, 2.45) is 0 Å². The van der Waals surface area contributed by atoms with Gasteiger partial charge < -0.3 is 10.1 Å². The third kappa shape index (κ3) is 4.96. The van der Waals surface area contributed by atoms with Crippen molar-refractivity contribution < 1.29 is 9.53 Å². The third-order valence-electron chi connectivity index (χ3n) is 4.53. The number of amides is 1. The molecule has 4 rings (SSSR count). The highest BCUT2D eigenvalue weighted by molar-refractivity contribution is 8.00. The van der Waals surface area contributed by atoms with Gasteiger partial charge in [-0.05, 0) is 42.0 Å². The van der Waals surface area contributed by atoms with Gasteiger partial charge in [0.25, 0.3) is 0 Å². The molecule has 0 unspecified atom stereocenters. The molecule has 0 bridgehead atoms. The standard InChI is InChI=1S/C24H21N3O2S/c1-29-19-13-11-18(12-14-19)25-23(28)16-30-24-22(15-17-7-3-2-4-8-17)26-20-9-5-6-10-21(20)27-24/h2-14H,15-16H2,1H3,(H,25,28). The Morgan fingerprint density at radius 3 is 2.27 bits per heavy atom. The van der Waals surface area contributed by atoms with Gasteiger partial charge in [-0.25, -0.2) is 9.97 Å². The summed E-state index contributed by atoms with van der Waals surface area (Å²) in [6.07, 6.45) is 0.668. The van der Waals surface area contributed by atoms with Crippen molar-refractivity contribution in [2.45, 2.75) is 11.4 Å². The van der Waals surface area contributed by atoms with Crippen LogP contribution in [0.5, 0.6) is 5.75 Å². The topological polar surface area (TPSA) is 64.1 Å². The molecule has 5 nitrogen and oxygen atoms in total. The smallest absolute Gasteiger partial charge is 0.234 e. The Bertz CT molecular complexity index is 1150. The first-order chi connectivity index (χ1) is 14.7. The Balaban J connectivity index is 1.51. The maximum Gasteiger partial charge on any atom is 0.234 e. The van der Waals surface area contributed by atoms with Gasteiger partial charge in [0.2, 0.25) is 5.91 Å². The summed E-state index contributed by atoms with van der Waals surface area (Å²) >= 11 is 1.41. The van der Waals surface area contributed by atoms with Crippen LogP contribution < -0.4 is 10.1 Å². The SMILES string of the molecule is COc1ccc(NC(=O)CSc2nc3ccccc3nc2Cc2ccccc2)cc1. The van der Waals surface area contributed by atoms with Crippen LogP contribution in [-0.2, 0) is 11.2 Å². The van der Waals surface area contributed by atoms with Gasteiger partial charge in [0, 0.05) is 12.1 Å². The number of anilines is 1. The zero-order valence-electron chi connectivity index (χ0n) is 16.5. The lowest BCUT2D eigenvalue weighted by atomic mass is 10.1. The predicted molar refractivity (Wildman–Crippen MR) is 121 cm³/mol. The van der Waals surface area contributed by atoms with Crippen molar-refractivity contribution in [2.75, 3.05) is 18.2 Å².